The minimum Gasteiger partial charge on any atom is -0.491 e. The number of carbonyl (C=O) groups excluding carboxylic acids is 4. The number of carbonyl (C=O) groups is 4. The van der Waals surface area contributed by atoms with Gasteiger partial charge in [0, 0.05) is 36.0 Å². The average Bonchev–Trinajstić information content (AvgIpc) is 4.41. The Kier molecular flexibility index (Phi) is 15.9. The second kappa shape index (κ2) is 23.1. The number of aromatic nitrogens is 5. The van der Waals surface area contributed by atoms with Crippen molar-refractivity contribution in [1.82, 2.24) is 44.9 Å². The molecule has 0 spiro atoms. The minimum atomic E-state index is -0.784. The van der Waals surface area contributed by atoms with E-state index in [9.17, 15) is 19.2 Å². The summed E-state index contributed by atoms with van der Waals surface area (Å²) in [5, 5.41) is 6.27. The standard InChI is InChI=1S/C58H70FN9O9/c1-33(2)51(64-57(71)73-5)55(69)66-21-11-17-45(66)53-60-31-42(62-53)36-19-20-44-38(27-36)29-47-50-41(59)28-37(43-32-61-54(63-43)46-18-12-22-67(46)56(70)52(34(3)4)65-58(72)74-6)30-48(50)77-49(68(44)47)26-35-13-10-16-40(25-35)76-24-23-75-39-14-8-7-9-15-39/h10,13,16,19-20,25,27-34,39,45-46,49,51-52H,7-9,11-12,14-15,17-18,21-24,26H2,1-6H3,(H,60,62)(H,61,63)(H,64,71)(H,65,72). The molecule has 2 saturated heterocycles. The van der Waals surface area contributed by atoms with E-state index in [0.717, 1.165) is 59.2 Å². The Morgan fingerprint density at radius 3 is 1.96 bits per heavy atom. The summed E-state index contributed by atoms with van der Waals surface area (Å²) in [6.45, 7) is 9.49. The van der Waals surface area contributed by atoms with Crippen LogP contribution in [0.1, 0.15) is 121 Å². The first-order chi connectivity index (χ1) is 37.3. The number of hydrogen-bond acceptors (Lipinski definition) is 11. The summed E-state index contributed by atoms with van der Waals surface area (Å²) in [6, 6.07) is 17.1. The SMILES string of the molecule is COC(=O)NC(C(=O)N1CCCC1c1ncc(-c2cc(F)c3c(c2)OC(Cc2cccc(OCCOC4CCCCC4)c2)n2c-3cc3cc(-c4cnc(C5CCCN5C(=O)C(NC(=O)OC)C(C)C)[nH]4)ccc32)[nH]1)C(C)C. The topological polar surface area (TPSA) is 207 Å². The molecule has 4 aliphatic rings. The molecule has 4 amide bonds. The van der Waals surface area contributed by atoms with Gasteiger partial charge in [0.2, 0.25) is 11.8 Å². The fraction of sp³-hybridized carbons (Fsp3) is 0.483. The van der Waals surface area contributed by atoms with E-state index in [1.165, 1.54) is 39.5 Å². The Hall–Kier alpha value is -7.41. The Balaban J connectivity index is 0.947. The quantitative estimate of drug-likeness (QED) is 0.0632. The van der Waals surface area contributed by atoms with Gasteiger partial charge in [-0.1, -0.05) is 65.2 Å². The van der Waals surface area contributed by atoms with Crippen LogP contribution in [-0.4, -0.2) is 117 Å². The molecule has 19 heteroatoms. The first-order valence-corrected chi connectivity index (χ1v) is 27.2. The van der Waals surface area contributed by atoms with E-state index in [2.05, 4.69) is 31.2 Å². The summed E-state index contributed by atoms with van der Waals surface area (Å²) in [7, 11) is 2.55. The van der Waals surface area contributed by atoms with Crippen LogP contribution < -0.4 is 20.1 Å². The number of hydrogen-bond donors (Lipinski definition) is 4. The summed E-state index contributed by atoms with van der Waals surface area (Å²) in [5.74, 6) is 1.06. The summed E-state index contributed by atoms with van der Waals surface area (Å²) in [5.41, 5.74) is 5.47. The summed E-state index contributed by atoms with van der Waals surface area (Å²) < 4.78 is 48.1. The number of nitrogens with one attached hydrogen (secondary N) is 4. The number of amides is 4. The van der Waals surface area contributed by atoms with Crippen LogP contribution in [0.5, 0.6) is 11.5 Å². The fourth-order valence-electron chi connectivity index (χ4n) is 11.6. The lowest BCUT2D eigenvalue weighted by molar-refractivity contribution is -0.136. The maximum absolute atomic E-state index is 17.1. The first kappa shape index (κ1) is 53.0. The molecule has 3 aliphatic heterocycles. The highest BCUT2D eigenvalue weighted by Gasteiger charge is 2.40. The highest BCUT2D eigenvalue weighted by atomic mass is 19.1. The Bertz CT molecular complexity index is 3110. The molecule has 0 bridgehead atoms. The fourth-order valence-corrected chi connectivity index (χ4v) is 11.6. The maximum atomic E-state index is 17.1. The van der Waals surface area contributed by atoms with Crippen molar-refractivity contribution >= 4 is 34.9 Å². The van der Waals surface area contributed by atoms with Gasteiger partial charge in [-0.25, -0.2) is 23.9 Å². The van der Waals surface area contributed by atoms with Gasteiger partial charge in [0.15, 0.2) is 6.23 Å². The smallest absolute Gasteiger partial charge is 0.407 e. The lowest BCUT2D eigenvalue weighted by atomic mass is 9.98. The van der Waals surface area contributed by atoms with E-state index >= 15 is 4.39 Å². The van der Waals surface area contributed by atoms with Crippen molar-refractivity contribution in [3.8, 4) is 45.3 Å². The number of rotatable bonds is 17. The molecule has 1 saturated carbocycles. The second-order valence-electron chi connectivity index (χ2n) is 21.4. The second-order valence-corrected chi connectivity index (χ2v) is 21.4. The van der Waals surface area contributed by atoms with Gasteiger partial charge in [-0.05, 0) is 98.4 Å². The van der Waals surface area contributed by atoms with Crippen LogP contribution in [0.15, 0.2) is 73.1 Å². The van der Waals surface area contributed by atoms with Gasteiger partial charge in [-0.15, -0.1) is 0 Å². The van der Waals surface area contributed by atoms with Gasteiger partial charge in [0.1, 0.15) is 47.7 Å². The molecule has 18 nitrogen and oxygen atoms in total. The molecule has 3 aromatic heterocycles. The normalized spacial score (nSPS) is 19.2. The molecule has 6 heterocycles. The van der Waals surface area contributed by atoms with E-state index in [1.54, 1.807) is 22.2 Å². The van der Waals surface area contributed by atoms with Gasteiger partial charge in [0.25, 0.3) is 0 Å². The van der Waals surface area contributed by atoms with Crippen molar-refractivity contribution in [2.75, 3.05) is 40.5 Å². The number of ether oxygens (including phenoxy) is 5. The monoisotopic (exact) mass is 1060 g/mol. The zero-order valence-corrected chi connectivity index (χ0v) is 44.7. The maximum Gasteiger partial charge on any atom is 0.407 e. The number of alkyl carbamates (subject to hydrolysis) is 2. The van der Waals surface area contributed by atoms with Gasteiger partial charge in [-0.2, -0.15) is 0 Å². The average molecular weight is 1060 g/mol. The van der Waals surface area contributed by atoms with Gasteiger partial charge in [0.05, 0.1) is 79.6 Å². The zero-order chi connectivity index (χ0) is 53.9. The van der Waals surface area contributed by atoms with Crippen molar-refractivity contribution in [3.63, 3.8) is 0 Å². The number of fused-ring (bicyclic) bond motifs is 5. The van der Waals surface area contributed by atoms with Crippen molar-refractivity contribution in [2.45, 2.75) is 128 Å². The van der Waals surface area contributed by atoms with Gasteiger partial charge in [-0.3, -0.25) is 9.59 Å². The van der Waals surface area contributed by atoms with Crippen LogP contribution in [-0.2, 0) is 30.2 Å². The number of imidazole rings is 2. The number of H-pyrrole nitrogens is 2. The molecular weight excluding hydrogens is 986 g/mol. The Labute approximate surface area is 447 Å². The molecule has 4 N–H and O–H groups in total. The summed E-state index contributed by atoms with van der Waals surface area (Å²) >= 11 is 0. The molecule has 6 aromatic rings. The number of aromatic amines is 2. The molecule has 408 valence electrons. The van der Waals surface area contributed by atoms with Crippen LogP contribution in [0.3, 0.4) is 0 Å². The third-order valence-corrected chi connectivity index (χ3v) is 15.6. The van der Waals surface area contributed by atoms with Crippen molar-refractivity contribution in [2.24, 2.45) is 11.8 Å². The van der Waals surface area contributed by atoms with Crippen molar-refractivity contribution in [1.29, 1.82) is 0 Å². The molecule has 77 heavy (non-hydrogen) atoms. The lowest BCUT2D eigenvalue weighted by Gasteiger charge is -2.31. The van der Waals surface area contributed by atoms with E-state index in [0.29, 0.717) is 91.6 Å². The third kappa shape index (κ3) is 11.2. The predicted molar refractivity (Wildman–Crippen MR) is 286 cm³/mol. The van der Waals surface area contributed by atoms with Crippen LogP contribution in [0.4, 0.5) is 14.0 Å². The molecule has 5 atom stereocenters. The molecule has 3 fully saturated rings. The van der Waals surface area contributed by atoms with Gasteiger partial charge < -0.3 is 58.7 Å². The van der Waals surface area contributed by atoms with E-state index in [4.69, 9.17) is 33.7 Å². The molecule has 10 rings (SSSR count). The van der Waals surface area contributed by atoms with Crippen LogP contribution in [0.2, 0.25) is 0 Å². The Morgan fingerprint density at radius 2 is 1.35 bits per heavy atom. The third-order valence-electron chi connectivity index (χ3n) is 15.6. The largest absolute Gasteiger partial charge is 0.491 e. The molecule has 5 unspecified atom stereocenters. The molecular formula is C58H70FN9O9. The van der Waals surface area contributed by atoms with Gasteiger partial charge >= 0.3 is 12.2 Å². The number of halogens is 1. The number of methoxy groups -OCH3 is 2. The van der Waals surface area contributed by atoms with Crippen molar-refractivity contribution in [3.05, 3.63) is 96.1 Å². The lowest BCUT2D eigenvalue weighted by Crippen LogP contribution is -2.51. The molecule has 3 aromatic carbocycles. The number of nitrogens with zero attached hydrogens (tertiary/aromatic N) is 5. The van der Waals surface area contributed by atoms with E-state index in [1.807, 2.05) is 76.2 Å². The highest BCUT2D eigenvalue weighted by Crippen LogP contribution is 2.47. The number of likely N-dealkylation sites (tertiary alicyclic amines) is 2. The van der Waals surface area contributed by atoms with E-state index < -0.39 is 36.3 Å². The zero-order valence-electron chi connectivity index (χ0n) is 44.7. The van der Waals surface area contributed by atoms with E-state index in [-0.39, 0.29) is 35.7 Å². The minimum absolute atomic E-state index is 0.163. The number of benzene rings is 3. The molecule has 1 aliphatic carbocycles. The van der Waals surface area contributed by atoms with Crippen molar-refractivity contribution < 1.29 is 47.3 Å². The first-order valence-electron chi connectivity index (χ1n) is 27.2. The van der Waals surface area contributed by atoms with Crippen LogP contribution >= 0.6 is 0 Å². The highest BCUT2D eigenvalue weighted by molar-refractivity contribution is 5.93. The Morgan fingerprint density at radius 1 is 0.727 bits per heavy atom. The summed E-state index contributed by atoms with van der Waals surface area (Å²) in [6.07, 6.45) is 11.0. The predicted octanol–water partition coefficient (Wildman–Crippen LogP) is 10.2. The van der Waals surface area contributed by atoms with Crippen LogP contribution in [0, 0.1) is 17.7 Å². The molecule has 0 radical (unpaired) electrons. The summed E-state index contributed by atoms with van der Waals surface area (Å²) in [4.78, 5) is 72.1. The van der Waals surface area contributed by atoms with Crippen LogP contribution in [0.25, 0.3) is 44.7 Å².